The highest BCUT2D eigenvalue weighted by atomic mass is 16.5. The molecule has 72 valence electrons. The smallest absolute Gasteiger partial charge is 0.228 e. The minimum Gasteiger partial charge on any atom is -0.481 e. The van der Waals surface area contributed by atoms with Crippen LogP contribution in [-0.2, 0) is 6.54 Å². The van der Waals surface area contributed by atoms with Gasteiger partial charge in [0.25, 0.3) is 0 Å². The van der Waals surface area contributed by atoms with Crippen LogP contribution in [0, 0.1) is 0 Å². The Bertz CT molecular complexity index is 287. The number of ether oxygens (including phenoxy) is 1. The number of hydrogen-bond donors (Lipinski definition) is 1. The van der Waals surface area contributed by atoms with E-state index in [1.807, 2.05) is 19.0 Å². The largest absolute Gasteiger partial charge is 0.481 e. The van der Waals surface area contributed by atoms with Crippen molar-refractivity contribution in [3.63, 3.8) is 0 Å². The standard InChI is InChI=1S/C8H14N4O/c1-12(2)8-10-5-6(4-9)7(11-8)13-3/h5H,4,9H2,1-3H3. The molecule has 0 atom stereocenters. The Labute approximate surface area is 77.5 Å². The summed E-state index contributed by atoms with van der Waals surface area (Å²) in [6.45, 7) is 0.386. The summed E-state index contributed by atoms with van der Waals surface area (Å²) in [7, 11) is 5.31. The summed E-state index contributed by atoms with van der Waals surface area (Å²) in [6.07, 6.45) is 1.68. The van der Waals surface area contributed by atoms with Gasteiger partial charge in [0.05, 0.1) is 7.11 Å². The fraction of sp³-hybridized carbons (Fsp3) is 0.500. The van der Waals surface area contributed by atoms with Gasteiger partial charge in [-0.05, 0) is 0 Å². The first-order valence-corrected chi connectivity index (χ1v) is 3.96. The molecule has 0 spiro atoms. The molecule has 0 saturated carbocycles. The zero-order valence-electron chi connectivity index (χ0n) is 8.11. The molecule has 2 N–H and O–H groups in total. The number of anilines is 1. The van der Waals surface area contributed by atoms with E-state index in [0.29, 0.717) is 18.4 Å². The number of nitrogens with two attached hydrogens (primary N) is 1. The van der Waals surface area contributed by atoms with Crippen LogP contribution in [0.25, 0.3) is 0 Å². The van der Waals surface area contributed by atoms with Crippen molar-refractivity contribution >= 4 is 5.95 Å². The maximum absolute atomic E-state index is 5.48. The summed E-state index contributed by atoms with van der Waals surface area (Å²) in [6, 6.07) is 0. The molecule has 0 fully saturated rings. The van der Waals surface area contributed by atoms with Gasteiger partial charge in [0.15, 0.2) is 0 Å². The summed E-state index contributed by atoms with van der Waals surface area (Å²) in [5.41, 5.74) is 6.29. The van der Waals surface area contributed by atoms with Gasteiger partial charge in [0, 0.05) is 32.4 Å². The van der Waals surface area contributed by atoms with Crippen molar-refractivity contribution in [3.8, 4) is 5.88 Å². The second kappa shape index (κ2) is 4.04. The van der Waals surface area contributed by atoms with E-state index in [2.05, 4.69) is 9.97 Å². The third kappa shape index (κ3) is 2.06. The van der Waals surface area contributed by atoms with E-state index in [0.717, 1.165) is 5.56 Å². The summed E-state index contributed by atoms with van der Waals surface area (Å²) in [5, 5.41) is 0. The Hall–Kier alpha value is -1.36. The normalized spacial score (nSPS) is 9.85. The van der Waals surface area contributed by atoms with Gasteiger partial charge in [-0.3, -0.25) is 0 Å². The van der Waals surface area contributed by atoms with E-state index in [9.17, 15) is 0 Å². The first-order chi connectivity index (χ1) is 6.19. The van der Waals surface area contributed by atoms with E-state index in [1.54, 1.807) is 13.3 Å². The van der Waals surface area contributed by atoms with Gasteiger partial charge in [0.2, 0.25) is 11.8 Å². The van der Waals surface area contributed by atoms with E-state index in [1.165, 1.54) is 0 Å². The van der Waals surface area contributed by atoms with Gasteiger partial charge in [-0.15, -0.1) is 0 Å². The third-order valence-corrected chi connectivity index (χ3v) is 1.63. The first-order valence-electron chi connectivity index (χ1n) is 3.96. The van der Waals surface area contributed by atoms with E-state index < -0.39 is 0 Å². The molecule has 0 unspecified atom stereocenters. The maximum Gasteiger partial charge on any atom is 0.228 e. The molecule has 5 heteroatoms. The predicted octanol–water partition coefficient (Wildman–Crippen LogP) is 0.00990. The summed E-state index contributed by atoms with van der Waals surface area (Å²) < 4.78 is 5.07. The second-order valence-corrected chi connectivity index (χ2v) is 2.80. The highest BCUT2D eigenvalue weighted by Gasteiger charge is 2.06. The molecule has 0 aliphatic carbocycles. The Kier molecular flexibility index (Phi) is 3.02. The van der Waals surface area contributed by atoms with E-state index in [4.69, 9.17) is 10.5 Å². The average Bonchev–Trinajstić information content (AvgIpc) is 2.16. The number of hydrogen-bond acceptors (Lipinski definition) is 5. The molecule has 0 radical (unpaired) electrons. The zero-order chi connectivity index (χ0) is 9.84. The maximum atomic E-state index is 5.48. The van der Waals surface area contributed by atoms with Crippen LogP contribution < -0.4 is 15.4 Å². The number of methoxy groups -OCH3 is 1. The zero-order valence-corrected chi connectivity index (χ0v) is 8.11. The first kappa shape index (κ1) is 9.73. The topological polar surface area (TPSA) is 64.3 Å². The molecule has 1 aromatic rings. The fourth-order valence-electron chi connectivity index (χ4n) is 0.915. The summed E-state index contributed by atoms with van der Waals surface area (Å²) in [4.78, 5) is 10.1. The van der Waals surface area contributed by atoms with Crippen molar-refractivity contribution < 1.29 is 4.74 Å². The minimum atomic E-state index is 0.386. The lowest BCUT2D eigenvalue weighted by atomic mass is 10.3. The molecule has 1 heterocycles. The fourth-order valence-corrected chi connectivity index (χ4v) is 0.915. The molecule has 13 heavy (non-hydrogen) atoms. The van der Waals surface area contributed by atoms with Gasteiger partial charge in [-0.1, -0.05) is 0 Å². The SMILES string of the molecule is COc1nc(N(C)C)ncc1CN. The lowest BCUT2D eigenvalue weighted by Gasteiger charge is -2.12. The van der Waals surface area contributed by atoms with Gasteiger partial charge in [-0.25, -0.2) is 4.98 Å². The monoisotopic (exact) mass is 182 g/mol. The Morgan fingerprint density at radius 2 is 2.23 bits per heavy atom. The van der Waals surface area contributed by atoms with Crippen LogP contribution in [-0.4, -0.2) is 31.2 Å². The lowest BCUT2D eigenvalue weighted by Crippen LogP contribution is -2.14. The molecule has 5 nitrogen and oxygen atoms in total. The minimum absolute atomic E-state index is 0.386. The molecule has 1 aromatic heterocycles. The van der Waals surface area contributed by atoms with Crippen LogP contribution in [0.5, 0.6) is 5.88 Å². The van der Waals surface area contributed by atoms with Crippen molar-refractivity contribution in [1.82, 2.24) is 9.97 Å². The predicted molar refractivity (Wildman–Crippen MR) is 50.8 cm³/mol. The highest BCUT2D eigenvalue weighted by Crippen LogP contribution is 2.15. The Morgan fingerprint density at radius 1 is 1.54 bits per heavy atom. The van der Waals surface area contributed by atoms with Crippen molar-refractivity contribution in [2.45, 2.75) is 6.54 Å². The van der Waals surface area contributed by atoms with Crippen LogP contribution in [0.15, 0.2) is 6.20 Å². The molecule has 0 aliphatic heterocycles. The van der Waals surface area contributed by atoms with Crippen molar-refractivity contribution in [1.29, 1.82) is 0 Å². The van der Waals surface area contributed by atoms with Crippen molar-refractivity contribution in [2.24, 2.45) is 5.73 Å². The quantitative estimate of drug-likeness (QED) is 0.713. The van der Waals surface area contributed by atoms with Crippen LogP contribution >= 0.6 is 0 Å². The second-order valence-electron chi connectivity index (χ2n) is 2.80. The van der Waals surface area contributed by atoms with Crippen LogP contribution in [0.2, 0.25) is 0 Å². The molecular weight excluding hydrogens is 168 g/mol. The average molecular weight is 182 g/mol. The van der Waals surface area contributed by atoms with Gasteiger partial charge in [0.1, 0.15) is 0 Å². The van der Waals surface area contributed by atoms with Crippen molar-refractivity contribution in [3.05, 3.63) is 11.8 Å². The van der Waals surface area contributed by atoms with Gasteiger partial charge < -0.3 is 15.4 Å². The number of rotatable bonds is 3. The Balaban J connectivity index is 3.05. The Morgan fingerprint density at radius 3 is 2.69 bits per heavy atom. The van der Waals surface area contributed by atoms with Crippen LogP contribution in [0.1, 0.15) is 5.56 Å². The van der Waals surface area contributed by atoms with E-state index in [-0.39, 0.29) is 0 Å². The lowest BCUT2D eigenvalue weighted by molar-refractivity contribution is 0.391. The molecule has 1 rings (SSSR count). The number of aromatic nitrogens is 2. The van der Waals surface area contributed by atoms with Crippen LogP contribution in [0.4, 0.5) is 5.95 Å². The molecular formula is C8H14N4O. The van der Waals surface area contributed by atoms with Crippen LogP contribution in [0.3, 0.4) is 0 Å². The van der Waals surface area contributed by atoms with Gasteiger partial charge >= 0.3 is 0 Å². The summed E-state index contributed by atoms with van der Waals surface area (Å²) >= 11 is 0. The molecule has 0 saturated heterocycles. The molecule has 0 bridgehead atoms. The number of nitrogens with zero attached hydrogens (tertiary/aromatic N) is 3. The van der Waals surface area contributed by atoms with E-state index >= 15 is 0 Å². The van der Waals surface area contributed by atoms with Crippen molar-refractivity contribution in [2.75, 3.05) is 26.1 Å². The molecule has 0 aromatic carbocycles. The highest BCUT2D eigenvalue weighted by molar-refractivity contribution is 5.34. The summed E-state index contributed by atoms with van der Waals surface area (Å²) in [5.74, 6) is 1.16. The molecule has 0 aliphatic rings. The third-order valence-electron chi connectivity index (χ3n) is 1.63. The van der Waals surface area contributed by atoms with Gasteiger partial charge in [-0.2, -0.15) is 4.98 Å². The molecule has 0 amide bonds.